The molecule has 118 valence electrons. The first-order valence-electron chi connectivity index (χ1n) is 6.79. The van der Waals surface area contributed by atoms with Crippen LogP contribution in [0, 0.1) is 5.92 Å². The standard InChI is InChI=1S/C12H20N4O2S3/c1-8(2)6-9-15-16-11(20-9)13-10(19)14-12(3)4-5-21(17,18)7-12/h8H,4-7H2,1-3H3,(H2,13,14,16,19)/t12-/m0/s1. The van der Waals surface area contributed by atoms with Crippen molar-refractivity contribution in [2.45, 2.75) is 39.2 Å². The first kappa shape index (κ1) is 16.6. The Morgan fingerprint density at radius 2 is 2.19 bits per heavy atom. The zero-order chi connectivity index (χ0) is 15.7. The van der Waals surface area contributed by atoms with Gasteiger partial charge in [-0.2, -0.15) is 0 Å². The largest absolute Gasteiger partial charge is 0.356 e. The molecule has 1 atom stereocenters. The maximum Gasteiger partial charge on any atom is 0.211 e. The van der Waals surface area contributed by atoms with Gasteiger partial charge in [0.2, 0.25) is 5.13 Å². The molecule has 0 saturated carbocycles. The van der Waals surface area contributed by atoms with Gasteiger partial charge in [-0.15, -0.1) is 10.2 Å². The second-order valence-corrected chi connectivity index (χ2v) is 9.74. The molecule has 0 aromatic carbocycles. The molecule has 0 amide bonds. The number of hydrogen-bond acceptors (Lipinski definition) is 6. The van der Waals surface area contributed by atoms with E-state index in [1.54, 1.807) is 0 Å². The summed E-state index contributed by atoms with van der Waals surface area (Å²) in [6.07, 6.45) is 1.45. The highest BCUT2D eigenvalue weighted by Crippen LogP contribution is 2.23. The van der Waals surface area contributed by atoms with Crippen molar-refractivity contribution in [2.24, 2.45) is 5.92 Å². The van der Waals surface area contributed by atoms with Gasteiger partial charge in [0.1, 0.15) is 5.01 Å². The van der Waals surface area contributed by atoms with E-state index in [-0.39, 0.29) is 11.5 Å². The van der Waals surface area contributed by atoms with Gasteiger partial charge in [-0.1, -0.05) is 25.2 Å². The van der Waals surface area contributed by atoms with Crippen molar-refractivity contribution < 1.29 is 8.42 Å². The maximum absolute atomic E-state index is 11.6. The molecule has 9 heteroatoms. The van der Waals surface area contributed by atoms with Crippen LogP contribution in [0.4, 0.5) is 5.13 Å². The van der Waals surface area contributed by atoms with Gasteiger partial charge < -0.3 is 10.6 Å². The lowest BCUT2D eigenvalue weighted by Gasteiger charge is -2.25. The van der Waals surface area contributed by atoms with Gasteiger partial charge in [-0.05, 0) is 31.5 Å². The second-order valence-electron chi connectivity index (χ2n) is 6.08. The number of aromatic nitrogens is 2. The van der Waals surface area contributed by atoms with Crippen molar-refractivity contribution in [1.29, 1.82) is 0 Å². The summed E-state index contributed by atoms with van der Waals surface area (Å²) in [6, 6.07) is 0. The lowest BCUT2D eigenvalue weighted by atomic mass is 10.0. The lowest BCUT2D eigenvalue weighted by molar-refractivity contribution is 0.474. The molecule has 1 saturated heterocycles. The van der Waals surface area contributed by atoms with E-state index in [2.05, 4.69) is 34.7 Å². The van der Waals surface area contributed by atoms with E-state index in [9.17, 15) is 8.42 Å². The van der Waals surface area contributed by atoms with E-state index in [4.69, 9.17) is 12.2 Å². The van der Waals surface area contributed by atoms with Crippen molar-refractivity contribution in [2.75, 3.05) is 16.8 Å². The highest BCUT2D eigenvalue weighted by atomic mass is 32.2. The summed E-state index contributed by atoms with van der Waals surface area (Å²) >= 11 is 6.71. The highest BCUT2D eigenvalue weighted by molar-refractivity contribution is 7.91. The van der Waals surface area contributed by atoms with Crippen molar-refractivity contribution in [1.82, 2.24) is 15.5 Å². The van der Waals surface area contributed by atoms with E-state index in [1.807, 2.05) is 6.92 Å². The summed E-state index contributed by atoms with van der Waals surface area (Å²) in [5, 5.41) is 16.2. The molecule has 0 aliphatic carbocycles. The second kappa shape index (κ2) is 6.13. The molecular formula is C12H20N4O2S3. The van der Waals surface area contributed by atoms with E-state index >= 15 is 0 Å². The Labute approximate surface area is 134 Å². The molecule has 0 bridgehead atoms. The maximum atomic E-state index is 11.6. The Hall–Kier alpha value is -0.800. The third-order valence-corrected chi connectivity index (χ3v) is 6.16. The van der Waals surface area contributed by atoms with Gasteiger partial charge in [0.25, 0.3) is 0 Å². The fourth-order valence-electron chi connectivity index (χ4n) is 2.25. The molecule has 1 aliphatic heterocycles. The SMILES string of the molecule is CC(C)Cc1nnc(NC(=S)N[C@@]2(C)CCS(=O)(=O)C2)s1. The van der Waals surface area contributed by atoms with Gasteiger partial charge in [-0.3, -0.25) is 0 Å². The average Bonchev–Trinajstić information content (AvgIpc) is 2.82. The van der Waals surface area contributed by atoms with Gasteiger partial charge >= 0.3 is 0 Å². The van der Waals surface area contributed by atoms with Crippen molar-refractivity contribution in [3.8, 4) is 0 Å². The van der Waals surface area contributed by atoms with Crippen molar-refractivity contribution >= 4 is 43.6 Å². The lowest BCUT2D eigenvalue weighted by Crippen LogP contribution is -2.48. The van der Waals surface area contributed by atoms with Crippen LogP contribution in [0.5, 0.6) is 0 Å². The Morgan fingerprint density at radius 3 is 2.76 bits per heavy atom. The minimum Gasteiger partial charge on any atom is -0.356 e. The van der Waals surface area contributed by atoms with Crippen molar-refractivity contribution in [3.05, 3.63) is 5.01 Å². The zero-order valence-electron chi connectivity index (χ0n) is 12.3. The monoisotopic (exact) mass is 348 g/mol. The highest BCUT2D eigenvalue weighted by Gasteiger charge is 2.38. The van der Waals surface area contributed by atoms with Crippen LogP contribution >= 0.6 is 23.6 Å². The normalized spacial score (nSPS) is 24.2. The Balaban J connectivity index is 1.92. The summed E-state index contributed by atoms with van der Waals surface area (Å²) in [5.74, 6) is 0.839. The number of nitrogens with zero attached hydrogens (tertiary/aromatic N) is 2. The molecule has 1 fully saturated rings. The van der Waals surface area contributed by atoms with Crippen LogP contribution in [0.2, 0.25) is 0 Å². The van der Waals surface area contributed by atoms with Crippen LogP contribution < -0.4 is 10.6 Å². The minimum atomic E-state index is -2.96. The van der Waals surface area contributed by atoms with Crippen LogP contribution in [-0.2, 0) is 16.3 Å². The summed E-state index contributed by atoms with van der Waals surface area (Å²) in [6.45, 7) is 6.12. The summed E-state index contributed by atoms with van der Waals surface area (Å²) in [4.78, 5) is 0. The van der Waals surface area contributed by atoms with Gasteiger partial charge in [0.15, 0.2) is 14.9 Å². The molecule has 6 nitrogen and oxygen atoms in total. The molecule has 21 heavy (non-hydrogen) atoms. The zero-order valence-corrected chi connectivity index (χ0v) is 14.8. The van der Waals surface area contributed by atoms with Gasteiger partial charge in [0.05, 0.1) is 17.0 Å². The Kier molecular flexibility index (Phi) is 4.84. The van der Waals surface area contributed by atoms with Crippen LogP contribution in [0.3, 0.4) is 0 Å². The van der Waals surface area contributed by atoms with Crippen molar-refractivity contribution in [3.63, 3.8) is 0 Å². The third kappa shape index (κ3) is 4.86. The molecule has 0 spiro atoms. The van der Waals surface area contributed by atoms with E-state index in [0.717, 1.165) is 11.4 Å². The number of thiocarbonyl (C=S) groups is 1. The minimum absolute atomic E-state index is 0.108. The molecule has 1 aromatic rings. The first-order chi connectivity index (χ1) is 9.67. The predicted molar refractivity (Wildman–Crippen MR) is 89.5 cm³/mol. The van der Waals surface area contributed by atoms with Crippen LogP contribution in [0.15, 0.2) is 0 Å². The molecule has 2 N–H and O–H groups in total. The fraction of sp³-hybridized carbons (Fsp3) is 0.750. The molecule has 2 rings (SSSR count). The molecule has 2 heterocycles. The van der Waals surface area contributed by atoms with E-state index < -0.39 is 15.4 Å². The molecule has 0 unspecified atom stereocenters. The summed E-state index contributed by atoms with van der Waals surface area (Å²) < 4.78 is 23.1. The quantitative estimate of drug-likeness (QED) is 0.800. The number of anilines is 1. The predicted octanol–water partition coefficient (Wildman–Crippen LogP) is 1.60. The smallest absolute Gasteiger partial charge is 0.211 e. The molecule has 1 aliphatic rings. The molecule has 0 radical (unpaired) electrons. The molecule has 1 aromatic heterocycles. The van der Waals surface area contributed by atoms with Gasteiger partial charge in [-0.25, -0.2) is 8.42 Å². The van der Waals surface area contributed by atoms with Crippen LogP contribution in [-0.4, -0.2) is 40.8 Å². The number of sulfone groups is 1. The van der Waals surface area contributed by atoms with Crippen LogP contribution in [0.25, 0.3) is 0 Å². The summed E-state index contributed by atoms with van der Waals surface area (Å²) in [5.41, 5.74) is -0.506. The van der Waals surface area contributed by atoms with Crippen LogP contribution in [0.1, 0.15) is 32.2 Å². The van der Waals surface area contributed by atoms with E-state index in [0.29, 0.717) is 22.6 Å². The fourth-order valence-corrected chi connectivity index (χ4v) is 5.70. The topological polar surface area (TPSA) is 84.0 Å². The molecular weight excluding hydrogens is 328 g/mol. The number of nitrogens with one attached hydrogen (secondary N) is 2. The number of rotatable bonds is 4. The summed E-state index contributed by atoms with van der Waals surface area (Å²) in [7, 11) is -2.96. The van der Waals surface area contributed by atoms with E-state index in [1.165, 1.54) is 11.3 Å². The van der Waals surface area contributed by atoms with Gasteiger partial charge in [0, 0.05) is 6.42 Å². The first-order valence-corrected chi connectivity index (χ1v) is 9.84. The number of hydrogen-bond donors (Lipinski definition) is 2. The average molecular weight is 349 g/mol. The third-order valence-electron chi connectivity index (χ3n) is 3.19. The Morgan fingerprint density at radius 1 is 1.48 bits per heavy atom. The Bertz CT molecular complexity index is 626.